The number of carbonyl (C=O) groups is 1. The third-order valence-corrected chi connectivity index (χ3v) is 6.84. The molecule has 7 nitrogen and oxygen atoms in total. The highest BCUT2D eigenvalue weighted by Gasteiger charge is 2.43. The molecule has 3 atom stereocenters. The number of pyridine rings is 1. The van der Waals surface area contributed by atoms with Gasteiger partial charge in [-0.15, -0.1) is 0 Å². The minimum atomic E-state index is -0.784. The molecule has 0 bridgehead atoms. The summed E-state index contributed by atoms with van der Waals surface area (Å²) in [7, 11) is 1.63. The molecule has 7 heteroatoms. The average molecular weight is 461 g/mol. The number of carboxylic acid groups (broad SMARTS) is 1. The lowest BCUT2D eigenvalue weighted by atomic mass is 9.71. The van der Waals surface area contributed by atoms with E-state index in [1.54, 1.807) is 7.11 Å². The van der Waals surface area contributed by atoms with Gasteiger partial charge in [0.1, 0.15) is 5.75 Å². The maximum Gasteiger partial charge on any atom is 0.307 e. The van der Waals surface area contributed by atoms with Crippen molar-refractivity contribution in [2.75, 3.05) is 33.5 Å². The summed E-state index contributed by atoms with van der Waals surface area (Å²) in [6.45, 7) is 2.31. The van der Waals surface area contributed by atoms with Crippen LogP contribution in [0.1, 0.15) is 28.7 Å². The predicted octanol–water partition coefficient (Wildman–Crippen LogP) is 3.95. The fourth-order valence-corrected chi connectivity index (χ4v) is 5.10. The zero-order valence-corrected chi connectivity index (χ0v) is 19.1. The van der Waals surface area contributed by atoms with E-state index in [0.717, 1.165) is 35.5 Å². The zero-order valence-electron chi connectivity index (χ0n) is 19.1. The molecule has 0 radical (unpaired) electrons. The number of ether oxygens (including phenoxy) is 3. The Hall–Kier alpha value is -3.58. The van der Waals surface area contributed by atoms with Crippen LogP contribution in [0, 0.1) is 5.92 Å². The van der Waals surface area contributed by atoms with E-state index >= 15 is 0 Å². The molecule has 3 unspecified atom stereocenters. The summed E-state index contributed by atoms with van der Waals surface area (Å²) in [4.78, 5) is 19.5. The van der Waals surface area contributed by atoms with E-state index in [9.17, 15) is 9.90 Å². The van der Waals surface area contributed by atoms with Gasteiger partial charge in [-0.1, -0.05) is 24.3 Å². The molecule has 2 aromatic carbocycles. The van der Waals surface area contributed by atoms with Crippen molar-refractivity contribution >= 4 is 5.97 Å². The maximum absolute atomic E-state index is 12.7. The number of rotatable bonds is 7. The van der Waals surface area contributed by atoms with Crippen molar-refractivity contribution in [1.29, 1.82) is 0 Å². The Kier molecular flexibility index (Phi) is 6.36. The molecule has 0 amide bonds. The van der Waals surface area contributed by atoms with Gasteiger partial charge >= 0.3 is 5.97 Å². The summed E-state index contributed by atoms with van der Waals surface area (Å²) < 4.78 is 16.4. The monoisotopic (exact) mass is 460 g/mol. The smallest absolute Gasteiger partial charge is 0.307 e. The summed E-state index contributed by atoms with van der Waals surface area (Å²) in [5.74, 6) is 0.407. The highest BCUT2D eigenvalue weighted by molar-refractivity contribution is 5.73. The van der Waals surface area contributed by atoms with Crippen molar-refractivity contribution in [1.82, 2.24) is 9.88 Å². The Morgan fingerprint density at radius 1 is 1.03 bits per heavy atom. The zero-order chi connectivity index (χ0) is 23.5. The molecule has 1 saturated heterocycles. The van der Waals surface area contributed by atoms with Crippen molar-refractivity contribution in [3.63, 3.8) is 0 Å². The van der Waals surface area contributed by atoms with Crippen LogP contribution in [0.2, 0.25) is 0 Å². The van der Waals surface area contributed by atoms with Gasteiger partial charge in [0, 0.05) is 49.8 Å². The molecular formula is C27H28N2O5. The summed E-state index contributed by atoms with van der Waals surface area (Å²) in [6.07, 6.45) is 2.61. The van der Waals surface area contributed by atoms with Crippen LogP contribution in [0.15, 0.2) is 66.9 Å². The van der Waals surface area contributed by atoms with Crippen molar-refractivity contribution < 1.29 is 24.1 Å². The molecule has 3 heterocycles. The number of hydrogen-bond donors (Lipinski definition) is 1. The molecule has 0 aliphatic carbocycles. The Morgan fingerprint density at radius 2 is 1.76 bits per heavy atom. The number of carboxylic acids is 1. The van der Waals surface area contributed by atoms with Gasteiger partial charge < -0.3 is 24.2 Å². The first-order valence-electron chi connectivity index (χ1n) is 11.5. The third-order valence-electron chi connectivity index (χ3n) is 6.84. The summed E-state index contributed by atoms with van der Waals surface area (Å²) in [5.41, 5.74) is 2.99. The molecule has 0 saturated carbocycles. The normalized spacial score (nSPS) is 21.9. The van der Waals surface area contributed by atoms with Gasteiger partial charge in [-0.25, -0.2) is 0 Å². The largest absolute Gasteiger partial charge is 0.497 e. The lowest BCUT2D eigenvalue weighted by Gasteiger charge is -2.42. The molecule has 3 aromatic rings. The van der Waals surface area contributed by atoms with Gasteiger partial charge in [0.2, 0.25) is 6.79 Å². The minimum absolute atomic E-state index is 0.170. The van der Waals surface area contributed by atoms with E-state index in [1.807, 2.05) is 66.9 Å². The van der Waals surface area contributed by atoms with E-state index in [1.165, 1.54) is 0 Å². The van der Waals surface area contributed by atoms with Crippen LogP contribution in [-0.4, -0.2) is 54.5 Å². The van der Waals surface area contributed by atoms with E-state index in [4.69, 9.17) is 14.2 Å². The van der Waals surface area contributed by atoms with Crippen molar-refractivity contribution in [3.8, 4) is 17.2 Å². The fraction of sp³-hybridized carbons (Fsp3) is 0.333. The molecule has 34 heavy (non-hydrogen) atoms. The number of aliphatic carboxylic acids is 1. The number of methoxy groups -OCH3 is 1. The number of aromatic nitrogens is 1. The Bertz CT molecular complexity index is 1140. The van der Waals surface area contributed by atoms with Crippen molar-refractivity contribution in [2.24, 2.45) is 5.92 Å². The lowest BCUT2D eigenvalue weighted by molar-refractivity contribution is -0.145. The summed E-state index contributed by atoms with van der Waals surface area (Å²) >= 11 is 0. The highest BCUT2D eigenvalue weighted by atomic mass is 16.7. The summed E-state index contributed by atoms with van der Waals surface area (Å²) in [6, 6.07) is 19.5. The molecular weight excluding hydrogens is 432 g/mol. The van der Waals surface area contributed by atoms with Crippen LogP contribution >= 0.6 is 0 Å². The summed E-state index contributed by atoms with van der Waals surface area (Å²) in [5, 5.41) is 10.4. The van der Waals surface area contributed by atoms with E-state index in [0.29, 0.717) is 24.6 Å². The van der Waals surface area contributed by atoms with Crippen LogP contribution in [0.3, 0.4) is 0 Å². The Labute approximate surface area is 198 Å². The standard InChI is InChI=1S/C27H28N2O5/c1-32-21-8-5-18(6-9-21)22-15-29(13-11-20-4-2-3-12-28-20)16-23(26(22)27(30)31)19-7-10-24-25(14-19)34-17-33-24/h2-10,12,14,22-23,26H,11,13,15-17H2,1H3,(H,30,31). The first-order valence-corrected chi connectivity index (χ1v) is 11.5. The number of piperidine rings is 1. The number of hydrogen-bond acceptors (Lipinski definition) is 6. The number of nitrogens with zero attached hydrogens (tertiary/aromatic N) is 2. The fourth-order valence-electron chi connectivity index (χ4n) is 5.10. The molecule has 1 fully saturated rings. The second kappa shape index (κ2) is 9.73. The van der Waals surface area contributed by atoms with Crippen molar-refractivity contribution in [2.45, 2.75) is 18.3 Å². The van der Waals surface area contributed by atoms with Gasteiger partial charge in [-0.3, -0.25) is 9.78 Å². The van der Waals surface area contributed by atoms with E-state index < -0.39 is 11.9 Å². The lowest BCUT2D eigenvalue weighted by Crippen LogP contribution is -2.47. The molecule has 2 aliphatic heterocycles. The van der Waals surface area contributed by atoms with Gasteiger partial charge in [0.25, 0.3) is 0 Å². The molecule has 5 rings (SSSR count). The van der Waals surface area contributed by atoms with Crippen LogP contribution in [0.25, 0.3) is 0 Å². The number of benzene rings is 2. The second-order valence-corrected chi connectivity index (χ2v) is 8.79. The average Bonchev–Trinajstić information content (AvgIpc) is 3.35. The Balaban J connectivity index is 1.48. The first-order chi connectivity index (χ1) is 16.6. The third kappa shape index (κ3) is 4.56. The first kappa shape index (κ1) is 22.2. The van der Waals surface area contributed by atoms with E-state index in [2.05, 4.69) is 9.88 Å². The number of likely N-dealkylation sites (tertiary alicyclic amines) is 1. The molecule has 176 valence electrons. The van der Waals surface area contributed by atoms with Gasteiger partial charge in [-0.05, 0) is 47.5 Å². The molecule has 2 aliphatic rings. The highest BCUT2D eigenvalue weighted by Crippen LogP contribution is 2.44. The topological polar surface area (TPSA) is 81.1 Å². The van der Waals surface area contributed by atoms with Crippen molar-refractivity contribution in [3.05, 3.63) is 83.7 Å². The van der Waals surface area contributed by atoms with E-state index in [-0.39, 0.29) is 18.6 Å². The predicted molar refractivity (Wildman–Crippen MR) is 127 cm³/mol. The van der Waals surface area contributed by atoms with Crippen LogP contribution in [0.4, 0.5) is 0 Å². The minimum Gasteiger partial charge on any atom is -0.497 e. The SMILES string of the molecule is COc1ccc(C2CN(CCc3ccccn3)CC(c3ccc4c(c3)OCO4)C2C(=O)O)cc1. The van der Waals surface area contributed by atoms with Crippen LogP contribution in [0.5, 0.6) is 17.2 Å². The maximum atomic E-state index is 12.7. The second-order valence-electron chi connectivity index (χ2n) is 8.79. The molecule has 1 N–H and O–H groups in total. The van der Waals surface area contributed by atoms with Gasteiger partial charge in [-0.2, -0.15) is 0 Å². The van der Waals surface area contributed by atoms with Crippen LogP contribution < -0.4 is 14.2 Å². The Morgan fingerprint density at radius 3 is 2.47 bits per heavy atom. The number of fused-ring (bicyclic) bond motifs is 1. The quantitative estimate of drug-likeness (QED) is 0.572. The van der Waals surface area contributed by atoms with Gasteiger partial charge in [0.05, 0.1) is 13.0 Å². The van der Waals surface area contributed by atoms with Crippen LogP contribution in [-0.2, 0) is 11.2 Å². The van der Waals surface area contributed by atoms with Gasteiger partial charge in [0.15, 0.2) is 11.5 Å². The molecule has 1 aromatic heterocycles. The molecule has 0 spiro atoms.